The molecule has 1 aromatic rings. The van der Waals surface area contributed by atoms with Crippen LogP contribution >= 0.6 is 35.3 Å². The SMILES string of the molecule is CCNC(=NCc1nc(C)c(C)s1)NCC1CCN(S(=O)(=O)C(F)(F)F)CC1.I. The van der Waals surface area contributed by atoms with Crippen molar-refractivity contribution in [3.8, 4) is 0 Å². The van der Waals surface area contributed by atoms with Crippen LogP contribution in [0.3, 0.4) is 0 Å². The predicted octanol–water partition coefficient (Wildman–Crippen LogP) is 2.99. The van der Waals surface area contributed by atoms with Gasteiger partial charge in [0.25, 0.3) is 0 Å². The Kier molecular flexibility index (Phi) is 10.1. The molecule has 0 aromatic carbocycles. The third kappa shape index (κ3) is 7.21. The Morgan fingerprint density at radius 3 is 2.38 bits per heavy atom. The second-order valence-electron chi connectivity index (χ2n) is 6.62. The number of piperidine rings is 1. The lowest BCUT2D eigenvalue weighted by Crippen LogP contribution is -2.47. The van der Waals surface area contributed by atoms with E-state index in [9.17, 15) is 21.6 Å². The van der Waals surface area contributed by atoms with E-state index in [2.05, 4.69) is 20.6 Å². The number of aromatic nitrogens is 1. The molecule has 0 spiro atoms. The van der Waals surface area contributed by atoms with Crippen molar-refractivity contribution >= 4 is 51.3 Å². The molecule has 1 aliphatic rings. The number of aliphatic imine (C=N–C) groups is 1. The number of nitrogens with zero attached hydrogens (tertiary/aromatic N) is 3. The molecule has 7 nitrogen and oxygen atoms in total. The Balaban J connectivity index is 0.00000420. The third-order valence-electron chi connectivity index (χ3n) is 4.55. The van der Waals surface area contributed by atoms with E-state index in [-0.39, 0.29) is 43.0 Å². The number of guanidine groups is 1. The van der Waals surface area contributed by atoms with Gasteiger partial charge in [-0.15, -0.1) is 35.3 Å². The van der Waals surface area contributed by atoms with Crippen LogP contribution in [0.5, 0.6) is 0 Å². The molecule has 0 aliphatic carbocycles. The van der Waals surface area contributed by atoms with Crippen LogP contribution in [-0.2, 0) is 16.6 Å². The van der Waals surface area contributed by atoms with Crippen LogP contribution in [0.25, 0.3) is 0 Å². The summed E-state index contributed by atoms with van der Waals surface area (Å²) >= 11 is 1.60. The Hall–Kier alpha value is -0.670. The number of halogens is 4. The fourth-order valence-corrected chi connectivity index (χ4v) is 4.68. The van der Waals surface area contributed by atoms with Crippen molar-refractivity contribution in [3.05, 3.63) is 15.6 Å². The lowest BCUT2D eigenvalue weighted by Gasteiger charge is -2.31. The van der Waals surface area contributed by atoms with Crippen molar-refractivity contribution in [2.45, 2.75) is 45.7 Å². The van der Waals surface area contributed by atoms with Gasteiger partial charge in [-0.2, -0.15) is 17.5 Å². The predicted molar refractivity (Wildman–Crippen MR) is 119 cm³/mol. The maximum atomic E-state index is 12.6. The number of alkyl halides is 3. The first-order valence-electron chi connectivity index (χ1n) is 9.06. The second-order valence-corrected chi connectivity index (χ2v) is 9.84. The molecule has 2 N–H and O–H groups in total. The third-order valence-corrected chi connectivity index (χ3v) is 7.24. The molecule has 0 unspecified atom stereocenters. The highest BCUT2D eigenvalue weighted by Gasteiger charge is 2.50. The Bertz CT molecular complexity index is 771. The quantitative estimate of drug-likeness (QED) is 0.313. The second kappa shape index (κ2) is 11.1. The Morgan fingerprint density at radius 1 is 1.28 bits per heavy atom. The topological polar surface area (TPSA) is 86.7 Å². The molecule has 0 bridgehead atoms. The van der Waals surface area contributed by atoms with Gasteiger partial charge in [0.15, 0.2) is 5.96 Å². The van der Waals surface area contributed by atoms with E-state index >= 15 is 0 Å². The standard InChI is InChI=1S/C16H26F3N5O2S2.HI/c1-4-20-15(22-10-14-23-11(2)12(3)27-14)21-9-13-5-7-24(8-6-13)28(25,26)16(17,18)19;/h13H,4-10H2,1-3H3,(H2,20,21,22);1H. The summed E-state index contributed by atoms with van der Waals surface area (Å²) in [4.78, 5) is 10.1. The molecule has 1 aromatic heterocycles. The molecule has 1 aliphatic heterocycles. The van der Waals surface area contributed by atoms with E-state index in [1.807, 2.05) is 20.8 Å². The molecular formula is C16H27F3IN5O2S2. The normalized spacial score (nSPS) is 17.1. The highest BCUT2D eigenvalue weighted by molar-refractivity contribution is 14.0. The Labute approximate surface area is 190 Å². The van der Waals surface area contributed by atoms with E-state index in [4.69, 9.17) is 0 Å². The van der Waals surface area contributed by atoms with Gasteiger partial charge in [0.05, 0.1) is 12.2 Å². The number of nitrogens with one attached hydrogen (secondary N) is 2. The maximum Gasteiger partial charge on any atom is 0.511 e. The van der Waals surface area contributed by atoms with E-state index in [1.54, 1.807) is 11.3 Å². The minimum atomic E-state index is -5.24. The monoisotopic (exact) mass is 569 g/mol. The zero-order valence-electron chi connectivity index (χ0n) is 16.5. The van der Waals surface area contributed by atoms with Gasteiger partial charge in [-0.25, -0.2) is 18.4 Å². The summed E-state index contributed by atoms with van der Waals surface area (Å²) in [6.07, 6.45) is 0.735. The largest absolute Gasteiger partial charge is 0.511 e. The van der Waals surface area contributed by atoms with Crippen LogP contribution < -0.4 is 10.6 Å². The summed E-state index contributed by atoms with van der Waals surface area (Å²) in [6.45, 7) is 7.28. The van der Waals surface area contributed by atoms with Crippen LogP contribution in [0, 0.1) is 19.8 Å². The molecule has 13 heteroatoms. The van der Waals surface area contributed by atoms with E-state index in [1.165, 1.54) is 0 Å². The summed E-state index contributed by atoms with van der Waals surface area (Å²) < 4.78 is 61.4. The summed E-state index contributed by atoms with van der Waals surface area (Å²) in [7, 11) is -5.23. The maximum absolute atomic E-state index is 12.6. The van der Waals surface area contributed by atoms with Gasteiger partial charge in [0, 0.05) is 31.1 Å². The molecule has 0 atom stereocenters. The van der Waals surface area contributed by atoms with Crippen molar-refractivity contribution < 1.29 is 21.6 Å². The van der Waals surface area contributed by atoms with Gasteiger partial charge in [-0.3, -0.25) is 0 Å². The zero-order valence-corrected chi connectivity index (χ0v) is 20.5. The first-order valence-corrected chi connectivity index (χ1v) is 11.3. The molecule has 1 saturated heterocycles. The van der Waals surface area contributed by atoms with Crippen LogP contribution in [0.2, 0.25) is 0 Å². The van der Waals surface area contributed by atoms with Crippen LogP contribution in [0.4, 0.5) is 13.2 Å². The van der Waals surface area contributed by atoms with E-state index in [0.29, 0.717) is 42.7 Å². The Morgan fingerprint density at radius 2 is 1.90 bits per heavy atom. The fourth-order valence-electron chi connectivity index (χ4n) is 2.84. The minimum Gasteiger partial charge on any atom is -0.357 e. The smallest absolute Gasteiger partial charge is 0.357 e. The number of rotatable bonds is 6. The van der Waals surface area contributed by atoms with Gasteiger partial charge in [-0.05, 0) is 39.5 Å². The van der Waals surface area contributed by atoms with Crippen molar-refractivity contribution in [1.82, 2.24) is 19.9 Å². The summed E-state index contributed by atoms with van der Waals surface area (Å²) in [5.41, 5.74) is -4.25. The summed E-state index contributed by atoms with van der Waals surface area (Å²) in [5.74, 6) is 0.686. The van der Waals surface area contributed by atoms with Gasteiger partial charge < -0.3 is 10.6 Å². The van der Waals surface area contributed by atoms with Crippen molar-refractivity contribution in [3.63, 3.8) is 0 Å². The van der Waals surface area contributed by atoms with Crippen LogP contribution in [0.1, 0.15) is 35.3 Å². The summed E-state index contributed by atoms with van der Waals surface area (Å²) in [6, 6.07) is 0. The number of aryl methyl sites for hydroxylation is 2. The average Bonchev–Trinajstić information content (AvgIpc) is 2.94. The molecule has 0 saturated carbocycles. The zero-order chi connectivity index (χ0) is 20.9. The molecule has 0 amide bonds. The first-order chi connectivity index (χ1) is 13.0. The van der Waals surface area contributed by atoms with Gasteiger partial charge >= 0.3 is 15.5 Å². The minimum absolute atomic E-state index is 0. The average molecular weight is 569 g/mol. The molecule has 2 heterocycles. The fraction of sp³-hybridized carbons (Fsp3) is 0.750. The molecule has 2 rings (SSSR count). The first kappa shape index (κ1) is 26.4. The highest BCUT2D eigenvalue weighted by atomic mass is 127. The van der Waals surface area contributed by atoms with Crippen LogP contribution in [0.15, 0.2) is 4.99 Å². The van der Waals surface area contributed by atoms with Crippen molar-refractivity contribution in [2.24, 2.45) is 10.9 Å². The molecule has 168 valence electrons. The number of hydrogen-bond acceptors (Lipinski definition) is 5. The number of sulfonamides is 1. The van der Waals surface area contributed by atoms with E-state index in [0.717, 1.165) is 15.6 Å². The lowest BCUT2D eigenvalue weighted by molar-refractivity contribution is -0.0496. The molecule has 0 radical (unpaired) electrons. The lowest BCUT2D eigenvalue weighted by atomic mass is 9.98. The van der Waals surface area contributed by atoms with Crippen molar-refractivity contribution in [1.29, 1.82) is 0 Å². The number of thiazole rings is 1. The van der Waals surface area contributed by atoms with Gasteiger partial charge in [0.2, 0.25) is 0 Å². The van der Waals surface area contributed by atoms with Gasteiger partial charge in [0.1, 0.15) is 5.01 Å². The van der Waals surface area contributed by atoms with Gasteiger partial charge in [-0.1, -0.05) is 0 Å². The summed E-state index contributed by atoms with van der Waals surface area (Å²) in [5, 5.41) is 7.23. The number of hydrogen-bond donors (Lipinski definition) is 2. The molecular weight excluding hydrogens is 542 g/mol. The highest BCUT2D eigenvalue weighted by Crippen LogP contribution is 2.30. The van der Waals surface area contributed by atoms with E-state index < -0.39 is 15.5 Å². The molecule has 1 fully saturated rings. The van der Waals surface area contributed by atoms with Crippen LogP contribution in [-0.4, -0.2) is 55.4 Å². The van der Waals surface area contributed by atoms with Crippen molar-refractivity contribution in [2.75, 3.05) is 26.2 Å². The molecule has 29 heavy (non-hydrogen) atoms.